The lowest BCUT2D eigenvalue weighted by molar-refractivity contribution is 0.102. The topological polar surface area (TPSA) is 33.2 Å². The number of anilines is 1. The molecule has 0 amide bonds. The zero-order chi connectivity index (χ0) is 11.8. The summed E-state index contributed by atoms with van der Waals surface area (Å²) in [5.41, 5.74) is 0.456. The van der Waals surface area contributed by atoms with E-state index in [1.807, 2.05) is 0 Å². The van der Waals surface area contributed by atoms with Gasteiger partial charge < -0.3 is 4.90 Å². The zero-order valence-corrected chi connectivity index (χ0v) is 10.9. The van der Waals surface area contributed by atoms with Gasteiger partial charge in [0.25, 0.3) is 0 Å². The van der Waals surface area contributed by atoms with Gasteiger partial charge in [-0.3, -0.25) is 4.79 Å². The fourth-order valence-electron chi connectivity index (χ4n) is 1.88. The Hall–Kier alpha value is -0.900. The third-order valence-corrected chi connectivity index (χ3v) is 4.39. The first kappa shape index (κ1) is 11.6. The Morgan fingerprint density at radius 1 is 1.44 bits per heavy atom. The number of carbonyl (C=O) groups excluding carboxylic acids is 1. The molecule has 0 aromatic carbocycles. The van der Waals surface area contributed by atoms with E-state index in [0.717, 1.165) is 23.1 Å². The number of thiazole rings is 1. The molecule has 0 bridgehead atoms. The van der Waals surface area contributed by atoms with Crippen LogP contribution in [-0.4, -0.2) is 23.9 Å². The van der Waals surface area contributed by atoms with Crippen molar-refractivity contribution >= 4 is 22.3 Å². The molecule has 1 aliphatic rings. The van der Waals surface area contributed by atoms with Crippen LogP contribution in [0, 0.1) is 5.41 Å². The second kappa shape index (κ2) is 4.17. The number of hydrogen-bond donors (Lipinski definition) is 0. The molecule has 2 heterocycles. The lowest BCUT2D eigenvalue weighted by atomic mass is 9.83. The highest BCUT2D eigenvalue weighted by molar-refractivity contribution is 7.17. The van der Waals surface area contributed by atoms with Gasteiger partial charge in [0.15, 0.2) is 10.9 Å². The first-order chi connectivity index (χ1) is 7.48. The van der Waals surface area contributed by atoms with Crippen LogP contribution in [0.3, 0.4) is 0 Å². The standard InChI is InChI=1S/C12H18N2OS/c1-9(15)10-8-13-11(16-10)14-6-4-12(2,3)5-7-14/h8H,4-7H2,1-3H3. The van der Waals surface area contributed by atoms with Gasteiger partial charge in [-0.2, -0.15) is 0 Å². The molecule has 88 valence electrons. The second-order valence-corrected chi connectivity index (χ2v) is 6.22. The van der Waals surface area contributed by atoms with Crippen molar-refractivity contribution in [2.45, 2.75) is 33.6 Å². The molecule has 1 aromatic heterocycles. The van der Waals surface area contributed by atoms with Gasteiger partial charge in [-0.1, -0.05) is 25.2 Å². The highest BCUT2D eigenvalue weighted by atomic mass is 32.1. The number of aromatic nitrogens is 1. The van der Waals surface area contributed by atoms with Gasteiger partial charge in [0.05, 0.1) is 11.1 Å². The summed E-state index contributed by atoms with van der Waals surface area (Å²) in [6, 6.07) is 0. The molecule has 0 aliphatic carbocycles. The molecular formula is C12H18N2OS. The molecule has 3 nitrogen and oxygen atoms in total. The van der Waals surface area contributed by atoms with Crippen LogP contribution in [0.25, 0.3) is 0 Å². The monoisotopic (exact) mass is 238 g/mol. The van der Waals surface area contributed by atoms with Crippen LogP contribution < -0.4 is 4.90 Å². The number of ketones is 1. The number of carbonyl (C=O) groups is 1. The number of nitrogens with zero attached hydrogens (tertiary/aromatic N) is 2. The summed E-state index contributed by atoms with van der Waals surface area (Å²) >= 11 is 1.51. The molecule has 0 atom stereocenters. The molecule has 2 rings (SSSR count). The lowest BCUT2D eigenvalue weighted by Gasteiger charge is -2.36. The van der Waals surface area contributed by atoms with E-state index in [-0.39, 0.29) is 5.78 Å². The smallest absolute Gasteiger partial charge is 0.185 e. The fraction of sp³-hybridized carbons (Fsp3) is 0.667. The molecule has 1 fully saturated rings. The van der Waals surface area contributed by atoms with Crippen LogP contribution >= 0.6 is 11.3 Å². The van der Waals surface area contributed by atoms with E-state index >= 15 is 0 Å². The first-order valence-corrected chi connectivity index (χ1v) is 6.51. The van der Waals surface area contributed by atoms with E-state index in [2.05, 4.69) is 23.7 Å². The van der Waals surface area contributed by atoms with E-state index in [1.165, 1.54) is 24.2 Å². The molecule has 0 N–H and O–H groups in total. The number of Topliss-reactive ketones (excluding diaryl/α,β-unsaturated/α-hetero) is 1. The Morgan fingerprint density at radius 2 is 2.06 bits per heavy atom. The fourth-order valence-corrected chi connectivity index (χ4v) is 2.74. The SMILES string of the molecule is CC(=O)c1cnc(N2CCC(C)(C)CC2)s1. The van der Waals surface area contributed by atoms with Crippen molar-refractivity contribution in [2.24, 2.45) is 5.41 Å². The van der Waals surface area contributed by atoms with Crippen LogP contribution in [-0.2, 0) is 0 Å². The Bertz CT molecular complexity index is 387. The Morgan fingerprint density at radius 3 is 2.56 bits per heavy atom. The number of rotatable bonds is 2. The van der Waals surface area contributed by atoms with Crippen LogP contribution in [0.15, 0.2) is 6.20 Å². The third kappa shape index (κ3) is 2.43. The maximum atomic E-state index is 11.2. The Labute approximate surface area is 100 Å². The van der Waals surface area contributed by atoms with E-state index in [1.54, 1.807) is 13.1 Å². The van der Waals surface area contributed by atoms with Crippen LogP contribution in [0.4, 0.5) is 5.13 Å². The van der Waals surface area contributed by atoms with Gasteiger partial charge in [0.2, 0.25) is 0 Å². The van der Waals surface area contributed by atoms with Gasteiger partial charge >= 0.3 is 0 Å². The Balaban J connectivity index is 2.05. The average Bonchev–Trinajstić information content (AvgIpc) is 2.66. The van der Waals surface area contributed by atoms with Crippen molar-refractivity contribution in [2.75, 3.05) is 18.0 Å². The minimum Gasteiger partial charge on any atom is -0.348 e. The van der Waals surface area contributed by atoms with E-state index in [9.17, 15) is 4.79 Å². The first-order valence-electron chi connectivity index (χ1n) is 5.70. The van der Waals surface area contributed by atoms with Crippen molar-refractivity contribution in [3.8, 4) is 0 Å². The van der Waals surface area contributed by atoms with Gasteiger partial charge in [-0.25, -0.2) is 4.98 Å². The van der Waals surface area contributed by atoms with E-state index in [0.29, 0.717) is 5.41 Å². The average molecular weight is 238 g/mol. The maximum Gasteiger partial charge on any atom is 0.185 e. The molecule has 1 aromatic rings. The summed E-state index contributed by atoms with van der Waals surface area (Å²) in [4.78, 5) is 18.6. The van der Waals surface area contributed by atoms with Gasteiger partial charge in [0, 0.05) is 20.0 Å². The third-order valence-electron chi connectivity index (χ3n) is 3.23. The molecule has 0 spiro atoms. The van der Waals surface area contributed by atoms with Crippen molar-refractivity contribution in [3.05, 3.63) is 11.1 Å². The quantitative estimate of drug-likeness (QED) is 0.743. The number of hydrogen-bond acceptors (Lipinski definition) is 4. The largest absolute Gasteiger partial charge is 0.348 e. The maximum absolute atomic E-state index is 11.2. The summed E-state index contributed by atoms with van der Waals surface area (Å²) in [5, 5.41) is 1.00. The molecular weight excluding hydrogens is 220 g/mol. The summed E-state index contributed by atoms with van der Waals surface area (Å²) in [6.45, 7) is 8.33. The predicted molar refractivity (Wildman–Crippen MR) is 67.3 cm³/mol. The van der Waals surface area contributed by atoms with Gasteiger partial charge in [-0.15, -0.1) is 0 Å². The Kier molecular flexibility index (Phi) is 3.02. The van der Waals surface area contributed by atoms with Crippen LogP contribution in [0.5, 0.6) is 0 Å². The van der Waals surface area contributed by atoms with Crippen molar-refractivity contribution in [3.63, 3.8) is 0 Å². The van der Waals surface area contributed by atoms with Crippen LogP contribution in [0.2, 0.25) is 0 Å². The molecule has 0 unspecified atom stereocenters. The number of piperidine rings is 1. The van der Waals surface area contributed by atoms with Crippen molar-refractivity contribution < 1.29 is 4.79 Å². The molecule has 0 radical (unpaired) electrons. The van der Waals surface area contributed by atoms with Crippen LogP contribution in [0.1, 0.15) is 43.3 Å². The summed E-state index contributed by atoms with van der Waals surface area (Å²) < 4.78 is 0. The minimum absolute atomic E-state index is 0.112. The summed E-state index contributed by atoms with van der Waals surface area (Å²) in [6.07, 6.45) is 4.09. The minimum atomic E-state index is 0.112. The lowest BCUT2D eigenvalue weighted by Crippen LogP contribution is -2.37. The summed E-state index contributed by atoms with van der Waals surface area (Å²) in [7, 11) is 0. The normalized spacial score (nSPS) is 19.8. The molecule has 0 saturated carbocycles. The van der Waals surface area contributed by atoms with Gasteiger partial charge in [-0.05, 0) is 18.3 Å². The van der Waals surface area contributed by atoms with Crippen molar-refractivity contribution in [1.82, 2.24) is 4.98 Å². The van der Waals surface area contributed by atoms with E-state index < -0.39 is 0 Å². The zero-order valence-electron chi connectivity index (χ0n) is 10.1. The molecule has 16 heavy (non-hydrogen) atoms. The highest BCUT2D eigenvalue weighted by Crippen LogP contribution is 2.33. The predicted octanol–water partition coefficient (Wildman–Crippen LogP) is 2.97. The second-order valence-electron chi connectivity index (χ2n) is 5.21. The van der Waals surface area contributed by atoms with Crippen molar-refractivity contribution in [1.29, 1.82) is 0 Å². The highest BCUT2D eigenvalue weighted by Gasteiger charge is 2.26. The molecule has 4 heteroatoms. The molecule has 1 aliphatic heterocycles. The van der Waals surface area contributed by atoms with Gasteiger partial charge in [0.1, 0.15) is 0 Å². The summed E-state index contributed by atoms with van der Waals surface area (Å²) in [5.74, 6) is 0.112. The molecule has 1 saturated heterocycles. The van der Waals surface area contributed by atoms with E-state index in [4.69, 9.17) is 0 Å².